The summed E-state index contributed by atoms with van der Waals surface area (Å²) in [6, 6.07) is 24.1. The Labute approximate surface area is 310 Å². The molecule has 1 saturated heterocycles. The normalized spacial score (nSPS) is 14.6. The van der Waals surface area contributed by atoms with Crippen molar-refractivity contribution in [2.75, 3.05) is 57.2 Å². The number of imidazole rings is 1. The van der Waals surface area contributed by atoms with Crippen LogP contribution in [0.3, 0.4) is 0 Å². The Bertz CT molecular complexity index is 2420. The number of anilines is 2. The number of nitrogens with two attached hydrogens (primary N) is 1. The van der Waals surface area contributed by atoms with Gasteiger partial charge in [-0.05, 0) is 91.3 Å². The SMILES string of the molecule is Cc1ccc(-c2cc3c(cc2Sc2nc4c(N)nccc4n2CCCNC(=O)/C(C#N)=C/c2ccc4cc(N5CCN(C)CC5)ccc4c2)OCO3)o1. The molecule has 5 heterocycles. The number of amides is 1. The van der Waals surface area contributed by atoms with E-state index in [0.717, 1.165) is 64.3 Å². The average Bonchev–Trinajstić information content (AvgIpc) is 3.91. The molecule has 1 amide bonds. The lowest BCUT2D eigenvalue weighted by Crippen LogP contribution is -2.44. The number of aromatic nitrogens is 3. The first-order valence-electron chi connectivity index (χ1n) is 17.5. The molecule has 0 bridgehead atoms. The van der Waals surface area contributed by atoms with E-state index in [-0.39, 0.29) is 12.4 Å². The van der Waals surface area contributed by atoms with Gasteiger partial charge in [0.05, 0.1) is 5.52 Å². The van der Waals surface area contributed by atoms with Gasteiger partial charge in [0.1, 0.15) is 28.7 Å². The highest BCUT2D eigenvalue weighted by Crippen LogP contribution is 2.45. The van der Waals surface area contributed by atoms with E-state index < -0.39 is 5.91 Å². The van der Waals surface area contributed by atoms with Crippen molar-refractivity contribution < 1.29 is 18.7 Å². The van der Waals surface area contributed by atoms with Crippen molar-refractivity contribution in [3.63, 3.8) is 0 Å². The van der Waals surface area contributed by atoms with Gasteiger partial charge in [-0.25, -0.2) is 9.97 Å². The van der Waals surface area contributed by atoms with E-state index in [0.29, 0.717) is 53.3 Å². The number of benzene rings is 3. The first kappa shape index (κ1) is 34.1. The number of fused-ring (bicyclic) bond motifs is 3. The summed E-state index contributed by atoms with van der Waals surface area (Å²) in [6.45, 7) is 7.01. The summed E-state index contributed by atoms with van der Waals surface area (Å²) in [5, 5.41) is 15.7. The fourth-order valence-electron chi connectivity index (χ4n) is 6.68. The second-order valence-corrected chi connectivity index (χ2v) is 14.2. The third-order valence-electron chi connectivity index (χ3n) is 9.58. The van der Waals surface area contributed by atoms with E-state index in [2.05, 4.69) is 56.0 Å². The van der Waals surface area contributed by atoms with Crippen LogP contribution in [0.5, 0.6) is 11.5 Å². The summed E-state index contributed by atoms with van der Waals surface area (Å²) < 4.78 is 19.4. The number of nitrogen functional groups attached to an aromatic ring is 1. The number of nitrogens with zero attached hydrogens (tertiary/aromatic N) is 6. The smallest absolute Gasteiger partial charge is 0.261 e. The molecule has 12 nitrogen and oxygen atoms in total. The second kappa shape index (κ2) is 14.6. The number of piperazine rings is 1. The van der Waals surface area contributed by atoms with Crippen LogP contribution in [0.25, 0.3) is 39.2 Å². The van der Waals surface area contributed by atoms with Crippen LogP contribution in [0.1, 0.15) is 17.7 Å². The third kappa shape index (κ3) is 7.11. The lowest BCUT2D eigenvalue weighted by Gasteiger charge is -2.34. The van der Waals surface area contributed by atoms with Crippen LogP contribution in [0.2, 0.25) is 0 Å². The van der Waals surface area contributed by atoms with Crippen LogP contribution >= 0.6 is 11.8 Å². The first-order valence-corrected chi connectivity index (χ1v) is 18.3. The van der Waals surface area contributed by atoms with Crippen LogP contribution < -0.4 is 25.4 Å². The number of aryl methyl sites for hydroxylation is 2. The fourth-order valence-corrected chi connectivity index (χ4v) is 7.74. The summed E-state index contributed by atoms with van der Waals surface area (Å²) in [5.74, 6) is 2.70. The molecule has 0 spiro atoms. The molecule has 2 aliphatic rings. The van der Waals surface area contributed by atoms with Gasteiger partial charge in [0.2, 0.25) is 6.79 Å². The minimum absolute atomic E-state index is 0.0464. The Morgan fingerprint density at radius 3 is 2.60 bits per heavy atom. The molecule has 3 aromatic heterocycles. The quantitative estimate of drug-likeness (QED) is 0.0908. The average molecular weight is 727 g/mol. The van der Waals surface area contributed by atoms with Crippen molar-refractivity contribution in [2.45, 2.75) is 29.9 Å². The molecule has 0 aliphatic carbocycles. The van der Waals surface area contributed by atoms with Gasteiger partial charge in [0, 0.05) is 61.6 Å². The highest BCUT2D eigenvalue weighted by Gasteiger charge is 2.23. The molecule has 3 aromatic carbocycles. The minimum Gasteiger partial charge on any atom is -0.461 e. The Kier molecular flexibility index (Phi) is 9.39. The van der Waals surface area contributed by atoms with Crippen molar-refractivity contribution in [3.8, 4) is 28.9 Å². The number of pyridine rings is 1. The number of furan rings is 1. The van der Waals surface area contributed by atoms with Crippen molar-refractivity contribution >= 4 is 57.1 Å². The lowest BCUT2D eigenvalue weighted by molar-refractivity contribution is -0.117. The molecule has 2 aliphatic heterocycles. The molecule has 0 saturated carbocycles. The number of nitriles is 1. The predicted octanol–water partition coefficient (Wildman–Crippen LogP) is 6.48. The number of hydrogen-bond donors (Lipinski definition) is 2. The second-order valence-electron chi connectivity index (χ2n) is 13.2. The maximum absolute atomic E-state index is 13.2. The zero-order valence-electron chi connectivity index (χ0n) is 29.5. The molecular formula is C40H38N8O4S. The van der Waals surface area contributed by atoms with Crippen molar-refractivity contribution in [1.29, 1.82) is 5.26 Å². The largest absolute Gasteiger partial charge is 0.461 e. The lowest BCUT2D eigenvalue weighted by atomic mass is 10.0. The number of nitrogens with one attached hydrogen (secondary N) is 1. The number of likely N-dealkylation sites (N-methyl/N-ethyl adjacent to an activating group) is 1. The first-order chi connectivity index (χ1) is 25.8. The molecule has 6 aromatic rings. The van der Waals surface area contributed by atoms with Crippen LogP contribution in [0, 0.1) is 18.3 Å². The predicted molar refractivity (Wildman–Crippen MR) is 206 cm³/mol. The van der Waals surface area contributed by atoms with E-state index in [1.807, 2.05) is 55.5 Å². The van der Waals surface area contributed by atoms with Gasteiger partial charge in [0.25, 0.3) is 5.91 Å². The van der Waals surface area contributed by atoms with Gasteiger partial charge < -0.3 is 39.3 Å². The van der Waals surface area contributed by atoms with Gasteiger partial charge in [-0.15, -0.1) is 0 Å². The summed E-state index contributed by atoms with van der Waals surface area (Å²) in [6.07, 6.45) is 3.87. The molecular weight excluding hydrogens is 689 g/mol. The van der Waals surface area contributed by atoms with Gasteiger partial charge in [0.15, 0.2) is 22.5 Å². The van der Waals surface area contributed by atoms with E-state index in [1.165, 1.54) is 17.4 Å². The highest BCUT2D eigenvalue weighted by atomic mass is 32.2. The molecule has 0 atom stereocenters. The number of rotatable bonds is 10. The Morgan fingerprint density at radius 2 is 1.81 bits per heavy atom. The fraction of sp³-hybridized carbons (Fsp3) is 0.250. The van der Waals surface area contributed by atoms with E-state index in [4.69, 9.17) is 24.6 Å². The standard InChI is InChI=1S/C40H38N8O4S/c1-25-4-9-33(52-25)31-21-34-35(51-24-50-34)22-36(31)53-40-45-37-32(10-12-43-38(37)42)48(40)13-3-11-44-39(49)29(23-41)19-26-5-6-28-20-30(8-7-27(28)18-26)47-16-14-46(2)15-17-47/h4-10,12,18-22H,3,11,13-17,24H2,1-2H3,(H2,42,43)(H,44,49)/b29-19+. The van der Waals surface area contributed by atoms with E-state index in [1.54, 1.807) is 12.3 Å². The zero-order valence-corrected chi connectivity index (χ0v) is 30.3. The zero-order chi connectivity index (χ0) is 36.5. The number of ether oxygens (including phenoxy) is 2. The molecule has 0 unspecified atom stereocenters. The summed E-state index contributed by atoms with van der Waals surface area (Å²) in [7, 11) is 2.15. The van der Waals surface area contributed by atoms with E-state index in [9.17, 15) is 10.1 Å². The topological polar surface area (TPSA) is 148 Å². The Balaban J connectivity index is 0.967. The Hall–Kier alpha value is -5.97. The number of carbonyl (C=O) groups is 1. The van der Waals surface area contributed by atoms with Crippen LogP contribution in [-0.4, -0.2) is 71.9 Å². The van der Waals surface area contributed by atoms with Crippen molar-refractivity contribution in [1.82, 2.24) is 24.8 Å². The molecule has 0 radical (unpaired) electrons. The number of hydrogen-bond acceptors (Lipinski definition) is 11. The summed E-state index contributed by atoms with van der Waals surface area (Å²) in [5.41, 5.74) is 10.6. The Morgan fingerprint density at radius 1 is 1.02 bits per heavy atom. The summed E-state index contributed by atoms with van der Waals surface area (Å²) >= 11 is 1.46. The minimum atomic E-state index is -0.421. The third-order valence-corrected chi connectivity index (χ3v) is 10.6. The van der Waals surface area contributed by atoms with Gasteiger partial charge in [-0.3, -0.25) is 4.79 Å². The van der Waals surface area contributed by atoms with Gasteiger partial charge in [-0.1, -0.05) is 30.0 Å². The van der Waals surface area contributed by atoms with Crippen LogP contribution in [0.4, 0.5) is 11.5 Å². The molecule has 8 rings (SSSR count). The van der Waals surface area contributed by atoms with Crippen molar-refractivity contribution in [3.05, 3.63) is 89.8 Å². The molecule has 13 heteroatoms. The van der Waals surface area contributed by atoms with Gasteiger partial charge in [-0.2, -0.15) is 5.26 Å². The molecule has 1 fully saturated rings. The highest BCUT2D eigenvalue weighted by molar-refractivity contribution is 7.99. The monoisotopic (exact) mass is 726 g/mol. The maximum Gasteiger partial charge on any atom is 0.261 e. The molecule has 3 N–H and O–H groups in total. The van der Waals surface area contributed by atoms with Crippen LogP contribution in [-0.2, 0) is 11.3 Å². The van der Waals surface area contributed by atoms with Crippen molar-refractivity contribution in [2.24, 2.45) is 0 Å². The number of carbonyl (C=O) groups excluding carboxylic acids is 1. The van der Waals surface area contributed by atoms with Gasteiger partial charge >= 0.3 is 0 Å². The van der Waals surface area contributed by atoms with E-state index >= 15 is 0 Å². The molecule has 268 valence electrons. The maximum atomic E-state index is 13.2. The van der Waals surface area contributed by atoms with Crippen LogP contribution in [0.15, 0.2) is 93.0 Å². The summed E-state index contributed by atoms with van der Waals surface area (Å²) in [4.78, 5) is 27.9. The molecule has 53 heavy (non-hydrogen) atoms.